The minimum absolute atomic E-state index is 0.0993. The maximum absolute atomic E-state index is 13.1. The summed E-state index contributed by atoms with van der Waals surface area (Å²) in [5.41, 5.74) is -0.963. The number of aldehydes is 1. The number of benzene rings is 1. The largest absolute Gasteiger partial charge is 0.492 e. The Morgan fingerprint density at radius 2 is 1.79 bits per heavy atom. The van der Waals surface area contributed by atoms with Gasteiger partial charge in [-0.25, -0.2) is 8.78 Å². The van der Waals surface area contributed by atoms with Crippen molar-refractivity contribution in [2.24, 2.45) is 0 Å². The summed E-state index contributed by atoms with van der Waals surface area (Å²) in [6, 6.07) is 0. The first kappa shape index (κ1) is 11.0. The lowest BCUT2D eigenvalue weighted by atomic mass is 10.2. The molecule has 0 spiro atoms. The maximum Gasteiger partial charge on any atom is 0.202 e. The van der Waals surface area contributed by atoms with Crippen LogP contribution in [0.4, 0.5) is 13.2 Å². The van der Waals surface area contributed by atoms with E-state index in [1.165, 1.54) is 0 Å². The molecular formula is C8H4BrF3O2. The molecule has 0 radical (unpaired) electrons. The molecule has 2 nitrogen and oxygen atoms in total. The van der Waals surface area contributed by atoms with Gasteiger partial charge in [-0.3, -0.25) is 4.79 Å². The Balaban J connectivity index is 3.63. The third-order valence-corrected chi connectivity index (χ3v) is 2.29. The van der Waals surface area contributed by atoms with Gasteiger partial charge in [0, 0.05) is 0 Å². The van der Waals surface area contributed by atoms with E-state index in [1.807, 2.05) is 0 Å². The summed E-state index contributed by atoms with van der Waals surface area (Å²) in [5.74, 6) is -4.75. The Labute approximate surface area is 85.8 Å². The molecule has 0 amide bonds. The van der Waals surface area contributed by atoms with Gasteiger partial charge in [-0.05, 0) is 15.9 Å². The van der Waals surface area contributed by atoms with Crippen LogP contribution < -0.4 is 4.74 Å². The smallest absolute Gasteiger partial charge is 0.202 e. The molecule has 0 bridgehead atoms. The molecule has 14 heavy (non-hydrogen) atoms. The van der Waals surface area contributed by atoms with Crippen molar-refractivity contribution in [3.8, 4) is 5.75 Å². The first-order valence-corrected chi connectivity index (χ1v) is 4.19. The van der Waals surface area contributed by atoms with Gasteiger partial charge in [0.15, 0.2) is 23.7 Å². The Morgan fingerprint density at radius 3 is 2.21 bits per heavy atom. The lowest BCUT2D eigenvalue weighted by Crippen LogP contribution is -2.02. The SMILES string of the molecule is COc1c(F)c(F)c(C=O)c(F)c1Br. The Bertz CT molecular complexity index is 364. The van der Waals surface area contributed by atoms with E-state index in [-0.39, 0.29) is 6.29 Å². The molecule has 0 aliphatic rings. The summed E-state index contributed by atoms with van der Waals surface area (Å²) in [7, 11) is 1.06. The fraction of sp³-hybridized carbons (Fsp3) is 0.125. The quantitative estimate of drug-likeness (QED) is 0.609. The molecule has 1 aromatic rings. The topological polar surface area (TPSA) is 26.3 Å². The zero-order valence-electron chi connectivity index (χ0n) is 6.91. The number of rotatable bonds is 2. The number of carbonyl (C=O) groups excluding carboxylic acids is 1. The van der Waals surface area contributed by atoms with Gasteiger partial charge in [0.05, 0.1) is 17.1 Å². The van der Waals surface area contributed by atoms with Crippen LogP contribution in [0.2, 0.25) is 0 Å². The molecule has 1 rings (SSSR count). The fourth-order valence-electron chi connectivity index (χ4n) is 0.911. The average molecular weight is 269 g/mol. The molecule has 0 aromatic heterocycles. The zero-order chi connectivity index (χ0) is 10.9. The normalized spacial score (nSPS) is 10.1. The van der Waals surface area contributed by atoms with Crippen LogP contribution in [-0.2, 0) is 0 Å². The first-order chi connectivity index (χ1) is 6.54. The molecule has 0 aliphatic heterocycles. The van der Waals surface area contributed by atoms with Crippen molar-refractivity contribution >= 4 is 22.2 Å². The highest BCUT2D eigenvalue weighted by atomic mass is 79.9. The predicted molar refractivity (Wildman–Crippen MR) is 46.0 cm³/mol. The summed E-state index contributed by atoms with van der Waals surface area (Å²) in [6.07, 6.45) is -0.0993. The molecule has 0 N–H and O–H groups in total. The van der Waals surface area contributed by atoms with Crippen molar-refractivity contribution in [1.29, 1.82) is 0 Å². The summed E-state index contributed by atoms with van der Waals surface area (Å²) >= 11 is 2.65. The third kappa shape index (κ3) is 1.50. The zero-order valence-corrected chi connectivity index (χ0v) is 8.49. The second-order valence-corrected chi connectivity index (χ2v) is 3.11. The number of ether oxygens (including phenoxy) is 1. The van der Waals surface area contributed by atoms with Crippen LogP contribution in [0.5, 0.6) is 5.75 Å². The fourth-order valence-corrected chi connectivity index (χ4v) is 1.46. The van der Waals surface area contributed by atoms with Crippen molar-refractivity contribution in [1.82, 2.24) is 0 Å². The molecular weight excluding hydrogens is 265 g/mol. The van der Waals surface area contributed by atoms with Gasteiger partial charge in [-0.1, -0.05) is 0 Å². The molecule has 76 valence electrons. The van der Waals surface area contributed by atoms with Gasteiger partial charge in [0.2, 0.25) is 5.82 Å². The third-order valence-electron chi connectivity index (χ3n) is 1.58. The van der Waals surface area contributed by atoms with Crippen LogP contribution in [0, 0.1) is 17.5 Å². The highest BCUT2D eigenvalue weighted by Gasteiger charge is 2.23. The van der Waals surface area contributed by atoms with Crippen LogP contribution in [-0.4, -0.2) is 13.4 Å². The first-order valence-electron chi connectivity index (χ1n) is 3.39. The van der Waals surface area contributed by atoms with Crippen LogP contribution >= 0.6 is 15.9 Å². The van der Waals surface area contributed by atoms with E-state index in [1.54, 1.807) is 0 Å². The van der Waals surface area contributed by atoms with Crippen molar-refractivity contribution in [3.05, 3.63) is 27.5 Å². The summed E-state index contributed by atoms with van der Waals surface area (Å²) in [4.78, 5) is 10.2. The second kappa shape index (κ2) is 4.00. The van der Waals surface area contributed by atoms with E-state index < -0.39 is 33.2 Å². The Hall–Kier alpha value is -1.04. The van der Waals surface area contributed by atoms with E-state index in [0.29, 0.717) is 0 Å². The number of hydrogen-bond donors (Lipinski definition) is 0. The summed E-state index contributed by atoms with van der Waals surface area (Å²) in [5, 5.41) is 0. The van der Waals surface area contributed by atoms with Crippen molar-refractivity contribution in [2.75, 3.05) is 7.11 Å². The molecule has 0 aliphatic carbocycles. The molecule has 0 atom stereocenters. The number of methoxy groups -OCH3 is 1. The van der Waals surface area contributed by atoms with Crippen molar-refractivity contribution in [2.45, 2.75) is 0 Å². The van der Waals surface area contributed by atoms with Gasteiger partial charge >= 0.3 is 0 Å². The molecule has 0 saturated carbocycles. The van der Waals surface area contributed by atoms with Gasteiger partial charge in [-0.15, -0.1) is 0 Å². The van der Waals surface area contributed by atoms with Crippen molar-refractivity contribution in [3.63, 3.8) is 0 Å². The molecule has 1 aromatic carbocycles. The lowest BCUT2D eigenvalue weighted by Gasteiger charge is -2.08. The number of hydrogen-bond acceptors (Lipinski definition) is 2. The Kier molecular flexibility index (Phi) is 3.15. The van der Waals surface area contributed by atoms with Crippen LogP contribution in [0.3, 0.4) is 0 Å². The monoisotopic (exact) mass is 268 g/mol. The number of halogens is 4. The van der Waals surface area contributed by atoms with Gasteiger partial charge in [-0.2, -0.15) is 4.39 Å². The van der Waals surface area contributed by atoms with Gasteiger partial charge < -0.3 is 4.74 Å². The van der Waals surface area contributed by atoms with Crippen LogP contribution in [0.25, 0.3) is 0 Å². The molecule has 0 unspecified atom stereocenters. The highest BCUT2D eigenvalue weighted by Crippen LogP contribution is 2.34. The van der Waals surface area contributed by atoms with E-state index in [4.69, 9.17) is 0 Å². The minimum atomic E-state index is -1.56. The van der Waals surface area contributed by atoms with Gasteiger partial charge in [0.25, 0.3) is 0 Å². The lowest BCUT2D eigenvalue weighted by molar-refractivity contribution is 0.111. The average Bonchev–Trinajstić information content (AvgIpc) is 2.17. The standard InChI is InChI=1S/C8H4BrF3O2/c1-14-8-4(9)5(10)3(2-13)6(11)7(8)12/h2H,1H3. The van der Waals surface area contributed by atoms with Gasteiger partial charge in [0.1, 0.15) is 0 Å². The maximum atomic E-state index is 13.1. The van der Waals surface area contributed by atoms with E-state index in [0.717, 1.165) is 7.11 Å². The minimum Gasteiger partial charge on any atom is -0.492 e. The van der Waals surface area contributed by atoms with Crippen LogP contribution in [0.15, 0.2) is 4.47 Å². The van der Waals surface area contributed by atoms with E-state index in [2.05, 4.69) is 20.7 Å². The molecule has 0 fully saturated rings. The molecule has 0 heterocycles. The molecule has 0 saturated heterocycles. The predicted octanol–water partition coefficient (Wildman–Crippen LogP) is 2.69. The summed E-state index contributed by atoms with van der Waals surface area (Å²) < 4.78 is 43.1. The van der Waals surface area contributed by atoms with Crippen molar-refractivity contribution < 1.29 is 22.7 Å². The van der Waals surface area contributed by atoms with E-state index in [9.17, 15) is 18.0 Å². The van der Waals surface area contributed by atoms with Crippen LogP contribution in [0.1, 0.15) is 10.4 Å². The second-order valence-electron chi connectivity index (χ2n) is 2.32. The Morgan fingerprint density at radius 1 is 1.21 bits per heavy atom. The summed E-state index contributed by atoms with van der Waals surface area (Å²) in [6.45, 7) is 0. The number of carbonyl (C=O) groups is 1. The molecule has 6 heteroatoms. The van der Waals surface area contributed by atoms with E-state index >= 15 is 0 Å². The highest BCUT2D eigenvalue weighted by molar-refractivity contribution is 9.10.